The molecular weight excluding hydrogens is 232 g/mol. The number of piperazine rings is 1. The second-order valence-corrected chi connectivity index (χ2v) is 4.81. The maximum atomic E-state index is 11.8. The number of rotatable bonds is 5. The maximum absolute atomic E-state index is 11.8. The van der Waals surface area contributed by atoms with E-state index in [0.29, 0.717) is 0 Å². The van der Waals surface area contributed by atoms with Gasteiger partial charge in [0.2, 0.25) is 5.91 Å². The second-order valence-electron chi connectivity index (χ2n) is 4.81. The highest BCUT2D eigenvalue weighted by Gasteiger charge is 2.19. The van der Waals surface area contributed by atoms with E-state index >= 15 is 0 Å². The SMILES string of the molecule is O=C(NCCCN1CCOCC1)C1CNCCN1. The van der Waals surface area contributed by atoms with Crippen molar-refractivity contribution in [2.75, 3.05) is 59.0 Å². The van der Waals surface area contributed by atoms with Gasteiger partial charge in [0.05, 0.1) is 19.3 Å². The van der Waals surface area contributed by atoms with Crippen molar-refractivity contribution in [1.29, 1.82) is 0 Å². The first kappa shape index (κ1) is 13.7. The van der Waals surface area contributed by atoms with E-state index in [0.717, 1.165) is 65.4 Å². The number of carbonyl (C=O) groups is 1. The van der Waals surface area contributed by atoms with E-state index in [4.69, 9.17) is 4.74 Å². The molecule has 18 heavy (non-hydrogen) atoms. The molecule has 6 nitrogen and oxygen atoms in total. The first-order valence-electron chi connectivity index (χ1n) is 6.88. The lowest BCUT2D eigenvalue weighted by Gasteiger charge is -2.27. The van der Waals surface area contributed by atoms with E-state index in [2.05, 4.69) is 20.9 Å². The molecule has 2 aliphatic rings. The van der Waals surface area contributed by atoms with Gasteiger partial charge in [0.25, 0.3) is 0 Å². The van der Waals surface area contributed by atoms with Crippen LogP contribution in [0.3, 0.4) is 0 Å². The third-order valence-electron chi connectivity index (χ3n) is 3.41. The van der Waals surface area contributed by atoms with Crippen LogP contribution in [0.2, 0.25) is 0 Å². The van der Waals surface area contributed by atoms with Gasteiger partial charge in [-0.2, -0.15) is 0 Å². The molecule has 104 valence electrons. The van der Waals surface area contributed by atoms with Crippen molar-refractivity contribution in [1.82, 2.24) is 20.9 Å². The molecule has 0 bridgehead atoms. The van der Waals surface area contributed by atoms with Crippen molar-refractivity contribution in [3.8, 4) is 0 Å². The normalized spacial score (nSPS) is 25.9. The fourth-order valence-electron chi connectivity index (χ4n) is 2.30. The average Bonchev–Trinajstić information content (AvgIpc) is 2.45. The van der Waals surface area contributed by atoms with Gasteiger partial charge in [-0.1, -0.05) is 0 Å². The Balaban J connectivity index is 1.52. The summed E-state index contributed by atoms with van der Waals surface area (Å²) in [6.07, 6.45) is 1.01. The van der Waals surface area contributed by atoms with Gasteiger partial charge >= 0.3 is 0 Å². The van der Waals surface area contributed by atoms with Crippen molar-refractivity contribution in [3.63, 3.8) is 0 Å². The number of nitrogens with one attached hydrogen (secondary N) is 3. The molecule has 0 aromatic carbocycles. The molecule has 3 N–H and O–H groups in total. The summed E-state index contributed by atoms with van der Waals surface area (Å²) in [6.45, 7) is 8.05. The predicted octanol–water partition coefficient (Wildman–Crippen LogP) is -1.61. The van der Waals surface area contributed by atoms with Gasteiger partial charge in [0.1, 0.15) is 0 Å². The summed E-state index contributed by atoms with van der Waals surface area (Å²) in [4.78, 5) is 14.2. The number of morpholine rings is 1. The lowest BCUT2D eigenvalue weighted by molar-refractivity contribution is -0.123. The van der Waals surface area contributed by atoms with Gasteiger partial charge in [0, 0.05) is 39.3 Å². The van der Waals surface area contributed by atoms with Crippen LogP contribution in [0.1, 0.15) is 6.42 Å². The average molecular weight is 256 g/mol. The van der Waals surface area contributed by atoms with Crippen molar-refractivity contribution in [3.05, 3.63) is 0 Å². The molecular formula is C12H24N4O2. The first-order valence-corrected chi connectivity index (χ1v) is 6.88. The van der Waals surface area contributed by atoms with Crippen molar-refractivity contribution in [2.24, 2.45) is 0 Å². The monoisotopic (exact) mass is 256 g/mol. The summed E-state index contributed by atoms with van der Waals surface area (Å²) in [5.41, 5.74) is 0. The van der Waals surface area contributed by atoms with Crippen LogP contribution < -0.4 is 16.0 Å². The van der Waals surface area contributed by atoms with Gasteiger partial charge in [-0.3, -0.25) is 9.69 Å². The molecule has 2 saturated heterocycles. The quantitative estimate of drug-likeness (QED) is 0.516. The van der Waals surface area contributed by atoms with Gasteiger partial charge in [-0.05, 0) is 13.0 Å². The Kier molecular flexibility index (Phi) is 5.86. The number of carbonyl (C=O) groups excluding carboxylic acids is 1. The minimum Gasteiger partial charge on any atom is -0.379 e. The largest absolute Gasteiger partial charge is 0.379 e. The molecule has 0 radical (unpaired) electrons. The summed E-state index contributed by atoms with van der Waals surface area (Å²) >= 11 is 0. The topological polar surface area (TPSA) is 65.6 Å². The lowest BCUT2D eigenvalue weighted by atomic mass is 10.2. The molecule has 2 fully saturated rings. The van der Waals surface area contributed by atoms with E-state index < -0.39 is 0 Å². The predicted molar refractivity (Wildman–Crippen MR) is 69.5 cm³/mol. The Bertz CT molecular complexity index is 250. The number of hydrogen-bond donors (Lipinski definition) is 3. The summed E-state index contributed by atoms with van der Waals surface area (Å²) < 4.78 is 5.30. The number of nitrogens with zero attached hydrogens (tertiary/aromatic N) is 1. The van der Waals surface area contributed by atoms with Crippen molar-refractivity contribution < 1.29 is 9.53 Å². The molecule has 2 heterocycles. The highest BCUT2D eigenvalue weighted by Crippen LogP contribution is 1.97. The zero-order valence-electron chi connectivity index (χ0n) is 10.9. The van der Waals surface area contributed by atoms with Gasteiger partial charge < -0.3 is 20.7 Å². The minimum absolute atomic E-state index is 0.0675. The molecule has 2 rings (SSSR count). The molecule has 6 heteroatoms. The van der Waals surface area contributed by atoms with Crippen LogP contribution in [0.5, 0.6) is 0 Å². The Labute approximate surface area is 108 Å². The zero-order chi connectivity index (χ0) is 12.6. The van der Waals surface area contributed by atoms with Crippen LogP contribution in [0.25, 0.3) is 0 Å². The number of ether oxygens (including phenoxy) is 1. The van der Waals surface area contributed by atoms with Crippen LogP contribution >= 0.6 is 0 Å². The number of amides is 1. The van der Waals surface area contributed by atoms with Crippen LogP contribution in [0.4, 0.5) is 0 Å². The summed E-state index contributed by atoms with van der Waals surface area (Å²) in [5, 5.41) is 9.41. The second kappa shape index (κ2) is 7.68. The molecule has 0 aromatic rings. The fraction of sp³-hybridized carbons (Fsp3) is 0.917. The highest BCUT2D eigenvalue weighted by atomic mass is 16.5. The molecule has 1 unspecified atom stereocenters. The molecule has 0 aromatic heterocycles. The fourth-order valence-corrected chi connectivity index (χ4v) is 2.30. The Morgan fingerprint density at radius 1 is 1.33 bits per heavy atom. The molecule has 2 aliphatic heterocycles. The molecule has 1 atom stereocenters. The Morgan fingerprint density at radius 2 is 2.17 bits per heavy atom. The highest BCUT2D eigenvalue weighted by molar-refractivity contribution is 5.82. The molecule has 0 spiro atoms. The minimum atomic E-state index is -0.0675. The standard InChI is InChI=1S/C12H24N4O2/c17-12(11-10-13-3-4-14-11)15-2-1-5-16-6-8-18-9-7-16/h11,13-14H,1-10H2,(H,15,17). The van der Waals surface area contributed by atoms with Gasteiger partial charge in [-0.15, -0.1) is 0 Å². The third kappa shape index (κ3) is 4.53. The van der Waals surface area contributed by atoms with Gasteiger partial charge in [-0.25, -0.2) is 0 Å². The zero-order valence-corrected chi connectivity index (χ0v) is 10.9. The summed E-state index contributed by atoms with van der Waals surface area (Å²) in [6, 6.07) is -0.0675. The molecule has 0 saturated carbocycles. The summed E-state index contributed by atoms with van der Waals surface area (Å²) in [7, 11) is 0. The van der Waals surface area contributed by atoms with E-state index in [1.165, 1.54) is 0 Å². The van der Waals surface area contributed by atoms with Crippen LogP contribution in [0, 0.1) is 0 Å². The van der Waals surface area contributed by atoms with Crippen LogP contribution in [-0.4, -0.2) is 75.9 Å². The third-order valence-corrected chi connectivity index (χ3v) is 3.41. The number of hydrogen-bond acceptors (Lipinski definition) is 5. The van der Waals surface area contributed by atoms with Crippen molar-refractivity contribution in [2.45, 2.75) is 12.5 Å². The van der Waals surface area contributed by atoms with E-state index in [1.54, 1.807) is 0 Å². The Hall–Kier alpha value is -0.690. The van der Waals surface area contributed by atoms with E-state index in [-0.39, 0.29) is 11.9 Å². The van der Waals surface area contributed by atoms with E-state index in [9.17, 15) is 4.79 Å². The lowest BCUT2D eigenvalue weighted by Crippen LogP contribution is -2.55. The molecule has 1 amide bonds. The van der Waals surface area contributed by atoms with Crippen LogP contribution in [-0.2, 0) is 9.53 Å². The smallest absolute Gasteiger partial charge is 0.238 e. The summed E-state index contributed by atoms with van der Waals surface area (Å²) in [5.74, 6) is 0.115. The van der Waals surface area contributed by atoms with Crippen LogP contribution in [0.15, 0.2) is 0 Å². The Morgan fingerprint density at radius 3 is 2.89 bits per heavy atom. The van der Waals surface area contributed by atoms with Crippen molar-refractivity contribution >= 4 is 5.91 Å². The van der Waals surface area contributed by atoms with Gasteiger partial charge in [0.15, 0.2) is 0 Å². The molecule has 0 aliphatic carbocycles. The van der Waals surface area contributed by atoms with E-state index in [1.807, 2.05) is 0 Å². The maximum Gasteiger partial charge on any atom is 0.238 e. The first-order chi connectivity index (χ1) is 8.86.